The number of hydrogen-bond acceptors (Lipinski definition) is 4. The largest absolute Gasteiger partial charge is 0.354 e. The second-order valence-electron chi connectivity index (χ2n) is 7.48. The van der Waals surface area contributed by atoms with Gasteiger partial charge < -0.3 is 10.2 Å². The van der Waals surface area contributed by atoms with Crippen LogP contribution in [0.5, 0.6) is 0 Å². The number of rotatable bonds is 5. The maximum absolute atomic E-state index is 13.3. The standard InChI is InChI=1S/C24H25ClN4O/c1-18-10-11-20(17-21(18)25)27-24(30)23(19-7-3-2-4-8-19)29-15-13-28(14-16-29)22-9-5-6-12-26-22/h2-12,17,23H,13-16H2,1H3,(H,27,30)/t23-/m1/s1. The van der Waals surface area contributed by atoms with E-state index in [4.69, 9.17) is 11.6 Å². The molecule has 1 aromatic heterocycles. The number of carbonyl (C=O) groups is 1. The summed E-state index contributed by atoms with van der Waals surface area (Å²) in [5.74, 6) is 0.930. The molecule has 3 aromatic rings. The molecule has 1 atom stereocenters. The van der Waals surface area contributed by atoms with Crippen LogP contribution in [0, 0.1) is 6.92 Å². The summed E-state index contributed by atoms with van der Waals surface area (Å²) in [6, 6.07) is 21.1. The first-order chi connectivity index (χ1) is 14.6. The Bertz CT molecular complexity index is 989. The van der Waals surface area contributed by atoms with Crippen LogP contribution in [0.3, 0.4) is 0 Å². The quantitative estimate of drug-likeness (QED) is 0.658. The molecule has 0 bridgehead atoms. The van der Waals surface area contributed by atoms with Crippen LogP contribution in [0.4, 0.5) is 11.5 Å². The lowest BCUT2D eigenvalue weighted by atomic mass is 10.0. The van der Waals surface area contributed by atoms with Gasteiger partial charge in [0.2, 0.25) is 5.91 Å². The molecule has 154 valence electrons. The number of nitrogens with one attached hydrogen (secondary N) is 1. The zero-order valence-corrected chi connectivity index (χ0v) is 17.7. The Morgan fingerprint density at radius 2 is 1.73 bits per heavy atom. The Morgan fingerprint density at radius 3 is 2.40 bits per heavy atom. The summed E-state index contributed by atoms with van der Waals surface area (Å²) in [4.78, 5) is 22.3. The Morgan fingerprint density at radius 1 is 1.00 bits per heavy atom. The Hall–Kier alpha value is -2.89. The average molecular weight is 421 g/mol. The summed E-state index contributed by atoms with van der Waals surface area (Å²) in [5, 5.41) is 3.70. The number of nitrogens with zero attached hydrogens (tertiary/aromatic N) is 3. The molecule has 0 aliphatic carbocycles. The first-order valence-corrected chi connectivity index (χ1v) is 10.5. The minimum atomic E-state index is -0.364. The SMILES string of the molecule is Cc1ccc(NC(=O)[C@@H](c2ccccc2)N2CCN(c3ccccn3)CC2)cc1Cl. The highest BCUT2D eigenvalue weighted by atomic mass is 35.5. The van der Waals surface area contributed by atoms with Crippen molar-refractivity contribution in [2.75, 3.05) is 36.4 Å². The molecular weight excluding hydrogens is 396 g/mol. The molecule has 0 spiro atoms. The number of pyridine rings is 1. The Balaban J connectivity index is 1.52. The van der Waals surface area contributed by atoms with Crippen LogP contribution in [0.1, 0.15) is 17.2 Å². The van der Waals surface area contributed by atoms with Gasteiger partial charge in [-0.2, -0.15) is 0 Å². The molecule has 1 N–H and O–H groups in total. The van der Waals surface area contributed by atoms with Crippen molar-refractivity contribution < 1.29 is 4.79 Å². The summed E-state index contributed by atoms with van der Waals surface area (Å²) in [6.07, 6.45) is 1.81. The Labute approximate surface area is 182 Å². The van der Waals surface area contributed by atoms with Gasteiger partial charge in [0.05, 0.1) is 0 Å². The van der Waals surface area contributed by atoms with Gasteiger partial charge in [-0.15, -0.1) is 0 Å². The van der Waals surface area contributed by atoms with Crippen molar-refractivity contribution in [1.29, 1.82) is 0 Å². The van der Waals surface area contributed by atoms with Crippen LogP contribution in [0.15, 0.2) is 72.9 Å². The summed E-state index contributed by atoms with van der Waals surface area (Å²) < 4.78 is 0. The third-order valence-electron chi connectivity index (χ3n) is 5.46. The van der Waals surface area contributed by atoms with E-state index in [9.17, 15) is 4.79 Å². The fraction of sp³-hybridized carbons (Fsp3) is 0.250. The highest BCUT2D eigenvalue weighted by molar-refractivity contribution is 6.31. The van der Waals surface area contributed by atoms with Gasteiger partial charge in [-0.3, -0.25) is 9.69 Å². The van der Waals surface area contributed by atoms with Crippen molar-refractivity contribution in [1.82, 2.24) is 9.88 Å². The molecule has 0 unspecified atom stereocenters. The van der Waals surface area contributed by atoms with E-state index in [0.29, 0.717) is 10.7 Å². The van der Waals surface area contributed by atoms with Gasteiger partial charge in [-0.1, -0.05) is 54.1 Å². The molecule has 0 radical (unpaired) electrons. The van der Waals surface area contributed by atoms with Crippen molar-refractivity contribution in [3.63, 3.8) is 0 Å². The molecule has 2 heterocycles. The molecule has 6 heteroatoms. The summed E-state index contributed by atoms with van der Waals surface area (Å²) in [5.41, 5.74) is 2.68. The number of benzene rings is 2. The molecule has 5 nitrogen and oxygen atoms in total. The highest BCUT2D eigenvalue weighted by Crippen LogP contribution is 2.26. The number of amides is 1. The van der Waals surface area contributed by atoms with Crippen molar-refractivity contribution in [3.05, 3.63) is 89.1 Å². The van der Waals surface area contributed by atoms with Crippen molar-refractivity contribution in [2.45, 2.75) is 13.0 Å². The van der Waals surface area contributed by atoms with Gasteiger partial charge in [-0.05, 0) is 42.3 Å². The predicted octanol–water partition coefficient (Wildman–Crippen LogP) is 4.55. The molecule has 1 aliphatic rings. The van der Waals surface area contributed by atoms with E-state index >= 15 is 0 Å². The number of hydrogen-bond donors (Lipinski definition) is 1. The first kappa shape index (κ1) is 20.4. The number of anilines is 2. The van der Waals surface area contributed by atoms with Crippen LogP contribution in [0.25, 0.3) is 0 Å². The van der Waals surface area contributed by atoms with Crippen LogP contribution >= 0.6 is 11.6 Å². The highest BCUT2D eigenvalue weighted by Gasteiger charge is 2.30. The molecule has 1 aliphatic heterocycles. The molecule has 2 aromatic carbocycles. The first-order valence-electron chi connectivity index (χ1n) is 10.1. The predicted molar refractivity (Wildman–Crippen MR) is 122 cm³/mol. The number of halogens is 1. The van der Waals surface area contributed by atoms with E-state index < -0.39 is 0 Å². The van der Waals surface area contributed by atoms with Crippen LogP contribution in [-0.4, -0.2) is 42.0 Å². The summed E-state index contributed by atoms with van der Waals surface area (Å²) >= 11 is 6.24. The minimum Gasteiger partial charge on any atom is -0.354 e. The molecule has 1 amide bonds. The van der Waals surface area contributed by atoms with Crippen LogP contribution < -0.4 is 10.2 Å². The topological polar surface area (TPSA) is 48.5 Å². The monoisotopic (exact) mass is 420 g/mol. The van der Waals surface area contributed by atoms with E-state index in [1.54, 1.807) is 6.07 Å². The molecule has 30 heavy (non-hydrogen) atoms. The van der Waals surface area contributed by atoms with Gasteiger partial charge in [0.25, 0.3) is 0 Å². The maximum Gasteiger partial charge on any atom is 0.246 e. The fourth-order valence-corrected chi connectivity index (χ4v) is 3.98. The summed E-state index contributed by atoms with van der Waals surface area (Å²) in [6.45, 7) is 5.15. The van der Waals surface area contributed by atoms with Gasteiger partial charge in [0.1, 0.15) is 11.9 Å². The number of carbonyl (C=O) groups excluding carboxylic acids is 1. The zero-order chi connectivity index (χ0) is 20.9. The summed E-state index contributed by atoms with van der Waals surface area (Å²) in [7, 11) is 0. The smallest absolute Gasteiger partial charge is 0.246 e. The number of aryl methyl sites for hydroxylation is 1. The molecule has 0 saturated carbocycles. The number of aromatic nitrogens is 1. The van der Waals surface area contributed by atoms with E-state index in [0.717, 1.165) is 43.1 Å². The third-order valence-corrected chi connectivity index (χ3v) is 5.86. The lowest BCUT2D eigenvalue weighted by Gasteiger charge is -2.39. The van der Waals surface area contributed by atoms with Crippen molar-refractivity contribution in [3.8, 4) is 0 Å². The third kappa shape index (κ3) is 4.64. The number of piperazine rings is 1. The molecule has 1 fully saturated rings. The fourth-order valence-electron chi connectivity index (χ4n) is 3.79. The van der Waals surface area contributed by atoms with E-state index in [1.165, 1.54) is 0 Å². The molecule has 1 saturated heterocycles. The van der Waals surface area contributed by atoms with E-state index in [1.807, 2.05) is 73.8 Å². The maximum atomic E-state index is 13.3. The van der Waals surface area contributed by atoms with Gasteiger partial charge in [0, 0.05) is 43.1 Å². The van der Waals surface area contributed by atoms with Crippen molar-refractivity contribution >= 4 is 29.0 Å². The average Bonchev–Trinajstić information content (AvgIpc) is 2.78. The lowest BCUT2D eigenvalue weighted by Crippen LogP contribution is -2.50. The van der Waals surface area contributed by atoms with Crippen LogP contribution in [0.2, 0.25) is 5.02 Å². The molecular formula is C24H25ClN4O. The zero-order valence-electron chi connectivity index (χ0n) is 17.0. The van der Waals surface area contributed by atoms with Gasteiger partial charge in [-0.25, -0.2) is 4.98 Å². The minimum absolute atomic E-state index is 0.0487. The Kier molecular flexibility index (Phi) is 6.31. The van der Waals surface area contributed by atoms with E-state index in [-0.39, 0.29) is 11.9 Å². The van der Waals surface area contributed by atoms with Gasteiger partial charge >= 0.3 is 0 Å². The van der Waals surface area contributed by atoms with Crippen molar-refractivity contribution in [2.24, 2.45) is 0 Å². The second-order valence-corrected chi connectivity index (χ2v) is 7.88. The second kappa shape index (κ2) is 9.28. The van der Waals surface area contributed by atoms with E-state index in [2.05, 4.69) is 20.1 Å². The van der Waals surface area contributed by atoms with Gasteiger partial charge in [0.15, 0.2) is 0 Å². The van der Waals surface area contributed by atoms with Crippen LogP contribution in [-0.2, 0) is 4.79 Å². The lowest BCUT2D eigenvalue weighted by molar-refractivity contribution is -0.121. The molecule has 4 rings (SSSR count). The normalized spacial score (nSPS) is 15.6.